The van der Waals surface area contributed by atoms with Gasteiger partial charge in [0.15, 0.2) is 0 Å². The van der Waals surface area contributed by atoms with Crippen molar-refractivity contribution in [1.82, 2.24) is 15.0 Å². The summed E-state index contributed by atoms with van der Waals surface area (Å²) in [5.41, 5.74) is 2.48. The Morgan fingerprint density at radius 2 is 2.04 bits per heavy atom. The maximum Gasteiger partial charge on any atom is 0.241 e. The van der Waals surface area contributed by atoms with Gasteiger partial charge in [0, 0.05) is 11.6 Å². The molecule has 0 amide bonds. The van der Waals surface area contributed by atoms with Crippen LogP contribution >= 0.6 is 0 Å². The molecule has 1 unspecified atom stereocenters. The first-order chi connectivity index (χ1) is 13.1. The van der Waals surface area contributed by atoms with E-state index < -0.39 is 0 Å². The van der Waals surface area contributed by atoms with E-state index in [0.717, 1.165) is 25.1 Å². The molecule has 0 bridgehead atoms. The molecule has 0 saturated carbocycles. The van der Waals surface area contributed by atoms with E-state index in [1.165, 1.54) is 11.6 Å². The number of nitrogens with zero attached hydrogens (tertiary/aromatic N) is 3. The molecule has 27 heavy (non-hydrogen) atoms. The number of methoxy groups -OCH3 is 1. The number of hydrogen-bond donors (Lipinski definition) is 0. The number of ether oxygens (including phenoxy) is 1. The summed E-state index contributed by atoms with van der Waals surface area (Å²) in [5, 5.41) is 4.02. The first-order valence-corrected chi connectivity index (χ1v) is 9.11. The van der Waals surface area contributed by atoms with Gasteiger partial charge in [-0.15, -0.1) is 0 Å². The summed E-state index contributed by atoms with van der Waals surface area (Å²) in [6.45, 7) is 3.29. The highest BCUT2D eigenvalue weighted by Crippen LogP contribution is 2.34. The number of aromatic nitrogens is 2. The molecule has 1 aliphatic heterocycles. The minimum Gasteiger partial charge on any atom is -0.497 e. The molecule has 1 aromatic heterocycles. The zero-order valence-electron chi connectivity index (χ0n) is 15.5. The van der Waals surface area contributed by atoms with E-state index in [9.17, 15) is 4.39 Å². The fourth-order valence-corrected chi connectivity index (χ4v) is 3.56. The average Bonchev–Trinajstić information content (AvgIpc) is 3.34. The number of hydrogen-bond acceptors (Lipinski definition) is 5. The van der Waals surface area contributed by atoms with Crippen molar-refractivity contribution in [2.45, 2.75) is 32.4 Å². The largest absolute Gasteiger partial charge is 0.497 e. The maximum absolute atomic E-state index is 13.8. The summed E-state index contributed by atoms with van der Waals surface area (Å²) in [6, 6.07) is 13.5. The van der Waals surface area contributed by atoms with Crippen molar-refractivity contribution in [3.8, 4) is 17.1 Å². The number of rotatable bonds is 5. The lowest BCUT2D eigenvalue weighted by molar-refractivity contribution is 0.212. The van der Waals surface area contributed by atoms with E-state index >= 15 is 0 Å². The van der Waals surface area contributed by atoms with E-state index in [1.807, 2.05) is 18.2 Å². The normalized spacial score (nSPS) is 17.4. The molecule has 0 aliphatic carbocycles. The van der Waals surface area contributed by atoms with Gasteiger partial charge in [-0.1, -0.05) is 29.4 Å². The molecule has 1 fully saturated rings. The standard InChI is InChI=1S/C21H22FN3O2/c1-14-5-6-16(12-18(14)22)21-23-20(27-24-21)13-25-11-3-4-19(25)15-7-9-17(26-2)10-8-15/h5-10,12,19H,3-4,11,13H2,1-2H3. The van der Waals surface area contributed by atoms with Gasteiger partial charge in [-0.2, -0.15) is 4.98 Å². The highest BCUT2D eigenvalue weighted by atomic mass is 19.1. The topological polar surface area (TPSA) is 51.4 Å². The highest BCUT2D eigenvalue weighted by molar-refractivity contribution is 5.54. The third-order valence-corrected chi connectivity index (χ3v) is 5.10. The Balaban J connectivity index is 1.49. The highest BCUT2D eigenvalue weighted by Gasteiger charge is 2.27. The number of halogens is 1. The first kappa shape index (κ1) is 17.7. The Hall–Kier alpha value is -2.73. The van der Waals surface area contributed by atoms with Crippen molar-refractivity contribution in [2.24, 2.45) is 0 Å². The molecule has 0 spiro atoms. The Labute approximate surface area is 157 Å². The predicted molar refractivity (Wildman–Crippen MR) is 99.8 cm³/mol. The predicted octanol–water partition coefficient (Wildman–Crippen LogP) is 4.53. The summed E-state index contributed by atoms with van der Waals surface area (Å²) in [5.74, 6) is 1.56. The van der Waals surface area contributed by atoms with Gasteiger partial charge in [0.25, 0.3) is 0 Å². The van der Waals surface area contributed by atoms with Gasteiger partial charge in [0.05, 0.1) is 13.7 Å². The van der Waals surface area contributed by atoms with Crippen LogP contribution in [-0.4, -0.2) is 28.7 Å². The van der Waals surface area contributed by atoms with Crippen LogP contribution in [0.2, 0.25) is 0 Å². The zero-order valence-corrected chi connectivity index (χ0v) is 15.5. The average molecular weight is 367 g/mol. The Morgan fingerprint density at radius 1 is 1.22 bits per heavy atom. The second-order valence-corrected chi connectivity index (χ2v) is 6.88. The fourth-order valence-electron chi connectivity index (χ4n) is 3.56. The van der Waals surface area contributed by atoms with Crippen LogP contribution in [0.4, 0.5) is 4.39 Å². The monoisotopic (exact) mass is 367 g/mol. The van der Waals surface area contributed by atoms with Crippen molar-refractivity contribution in [3.63, 3.8) is 0 Å². The molecule has 1 saturated heterocycles. The zero-order chi connectivity index (χ0) is 18.8. The quantitative estimate of drug-likeness (QED) is 0.663. The van der Waals surface area contributed by atoms with E-state index in [2.05, 4.69) is 27.2 Å². The molecule has 0 N–H and O–H groups in total. The third kappa shape index (κ3) is 3.71. The van der Waals surface area contributed by atoms with Crippen LogP contribution in [0.1, 0.15) is 35.9 Å². The summed E-state index contributed by atoms with van der Waals surface area (Å²) in [4.78, 5) is 6.81. The lowest BCUT2D eigenvalue weighted by Crippen LogP contribution is -2.22. The van der Waals surface area contributed by atoms with Crippen LogP contribution in [0, 0.1) is 12.7 Å². The summed E-state index contributed by atoms with van der Waals surface area (Å²) in [6.07, 6.45) is 2.22. The Kier molecular flexibility index (Phi) is 4.90. The van der Waals surface area contributed by atoms with Gasteiger partial charge in [-0.25, -0.2) is 4.39 Å². The van der Waals surface area contributed by atoms with Crippen LogP contribution in [0.15, 0.2) is 47.0 Å². The Morgan fingerprint density at radius 3 is 2.78 bits per heavy atom. The van der Waals surface area contributed by atoms with Crippen LogP contribution in [-0.2, 0) is 6.54 Å². The number of aryl methyl sites for hydroxylation is 1. The molecule has 6 heteroatoms. The van der Waals surface area contributed by atoms with Gasteiger partial charge in [0.1, 0.15) is 11.6 Å². The molecular weight excluding hydrogens is 345 g/mol. The summed E-state index contributed by atoms with van der Waals surface area (Å²) in [7, 11) is 1.67. The molecular formula is C21H22FN3O2. The lowest BCUT2D eigenvalue weighted by Gasteiger charge is -2.23. The SMILES string of the molecule is COc1ccc(C2CCCN2Cc2nc(-c3ccc(C)c(F)c3)no2)cc1. The van der Waals surface area contributed by atoms with E-state index in [-0.39, 0.29) is 5.82 Å². The van der Waals surface area contributed by atoms with E-state index in [4.69, 9.17) is 9.26 Å². The van der Waals surface area contributed by atoms with Crippen LogP contribution in [0.25, 0.3) is 11.4 Å². The number of likely N-dealkylation sites (tertiary alicyclic amines) is 1. The molecule has 3 aromatic rings. The molecule has 2 aromatic carbocycles. The first-order valence-electron chi connectivity index (χ1n) is 9.11. The lowest BCUT2D eigenvalue weighted by atomic mass is 10.0. The third-order valence-electron chi connectivity index (χ3n) is 5.10. The second-order valence-electron chi connectivity index (χ2n) is 6.88. The van der Waals surface area contributed by atoms with Gasteiger partial charge >= 0.3 is 0 Å². The van der Waals surface area contributed by atoms with Crippen molar-refractivity contribution in [2.75, 3.05) is 13.7 Å². The van der Waals surface area contributed by atoms with Gasteiger partial charge in [0.2, 0.25) is 11.7 Å². The van der Waals surface area contributed by atoms with Crippen LogP contribution in [0.5, 0.6) is 5.75 Å². The molecule has 2 heterocycles. The smallest absolute Gasteiger partial charge is 0.241 e. The minimum absolute atomic E-state index is 0.266. The van der Waals surface area contributed by atoms with E-state index in [1.54, 1.807) is 20.1 Å². The van der Waals surface area contributed by atoms with Crippen molar-refractivity contribution in [1.29, 1.82) is 0 Å². The molecule has 1 aliphatic rings. The summed E-state index contributed by atoms with van der Waals surface area (Å²) >= 11 is 0. The van der Waals surface area contributed by atoms with Crippen molar-refractivity contribution in [3.05, 3.63) is 65.3 Å². The summed E-state index contributed by atoms with van der Waals surface area (Å²) < 4.78 is 24.5. The molecule has 1 atom stereocenters. The van der Waals surface area contributed by atoms with Crippen molar-refractivity contribution >= 4 is 0 Å². The van der Waals surface area contributed by atoms with Crippen molar-refractivity contribution < 1.29 is 13.7 Å². The van der Waals surface area contributed by atoms with Crippen LogP contribution in [0.3, 0.4) is 0 Å². The van der Waals surface area contributed by atoms with Gasteiger partial charge < -0.3 is 9.26 Å². The minimum atomic E-state index is -0.266. The molecule has 4 rings (SSSR count). The molecule has 5 nitrogen and oxygen atoms in total. The maximum atomic E-state index is 13.8. The molecule has 140 valence electrons. The molecule has 0 radical (unpaired) electrons. The van der Waals surface area contributed by atoms with Gasteiger partial charge in [-0.05, 0) is 55.6 Å². The van der Waals surface area contributed by atoms with Crippen LogP contribution < -0.4 is 4.74 Å². The van der Waals surface area contributed by atoms with Gasteiger partial charge in [-0.3, -0.25) is 4.90 Å². The van der Waals surface area contributed by atoms with E-state index in [0.29, 0.717) is 35.4 Å². The number of benzene rings is 2. The fraction of sp³-hybridized carbons (Fsp3) is 0.333. The Bertz CT molecular complexity index is 923. The second kappa shape index (κ2) is 7.48.